The standard InChI is InChI=1S/C16H20N2O7S/c19-13(17-10-5-6-26(23,24)9-10)8-25-14(20)7-18-15(21)11-3-1-2-4-12(11)16(18)22/h1-2,10-12H,3-9H2,(H,17,19)/t10-,11+,12+/m1/s1. The van der Waals surface area contributed by atoms with Crippen LogP contribution >= 0.6 is 0 Å². The van der Waals surface area contributed by atoms with Crippen LogP contribution in [-0.4, -0.2) is 67.7 Å². The molecule has 3 rings (SSSR count). The fraction of sp³-hybridized carbons (Fsp3) is 0.625. The first-order chi connectivity index (χ1) is 12.3. The van der Waals surface area contributed by atoms with Gasteiger partial charge in [0.25, 0.3) is 5.91 Å². The van der Waals surface area contributed by atoms with E-state index in [9.17, 15) is 27.6 Å². The van der Waals surface area contributed by atoms with Crippen LogP contribution in [0.25, 0.3) is 0 Å². The van der Waals surface area contributed by atoms with Gasteiger partial charge in [-0.2, -0.15) is 0 Å². The third kappa shape index (κ3) is 3.95. The fourth-order valence-electron chi connectivity index (χ4n) is 3.52. The van der Waals surface area contributed by atoms with Crippen LogP contribution in [0.5, 0.6) is 0 Å². The lowest BCUT2D eigenvalue weighted by atomic mass is 9.85. The van der Waals surface area contributed by atoms with Gasteiger partial charge in [0.05, 0.1) is 23.3 Å². The van der Waals surface area contributed by atoms with E-state index in [4.69, 9.17) is 4.74 Å². The Kier molecular flexibility index (Phi) is 5.12. The van der Waals surface area contributed by atoms with E-state index in [2.05, 4.69) is 5.32 Å². The maximum Gasteiger partial charge on any atom is 0.326 e. The summed E-state index contributed by atoms with van der Waals surface area (Å²) in [6, 6.07) is -0.483. The molecule has 0 bridgehead atoms. The van der Waals surface area contributed by atoms with E-state index >= 15 is 0 Å². The first-order valence-electron chi connectivity index (χ1n) is 8.42. The molecule has 0 unspecified atom stereocenters. The Morgan fingerprint density at radius 3 is 2.31 bits per heavy atom. The zero-order chi connectivity index (χ0) is 18.9. The van der Waals surface area contributed by atoms with Crippen LogP contribution in [0.15, 0.2) is 12.2 Å². The summed E-state index contributed by atoms with van der Waals surface area (Å²) in [7, 11) is -3.12. The average molecular weight is 384 g/mol. The zero-order valence-corrected chi connectivity index (χ0v) is 14.9. The molecule has 0 radical (unpaired) electrons. The van der Waals surface area contributed by atoms with Gasteiger partial charge in [0.1, 0.15) is 6.54 Å². The SMILES string of the molecule is O=C(COC(=O)CN1C(=O)[C@H]2CC=CC[C@@H]2C1=O)N[C@@H]1CCS(=O)(=O)C1. The lowest BCUT2D eigenvalue weighted by molar-refractivity contribution is -0.155. The molecule has 9 nitrogen and oxygen atoms in total. The normalized spacial score (nSPS) is 29.5. The number of amides is 3. The summed E-state index contributed by atoms with van der Waals surface area (Å²) in [5.74, 6) is -3.19. The number of ether oxygens (including phenoxy) is 1. The van der Waals surface area contributed by atoms with E-state index in [-0.39, 0.29) is 23.3 Å². The Labute approximate surface area is 150 Å². The Morgan fingerprint density at radius 1 is 1.15 bits per heavy atom. The predicted octanol–water partition coefficient (Wildman–Crippen LogP) is -1.22. The van der Waals surface area contributed by atoms with Gasteiger partial charge >= 0.3 is 5.97 Å². The molecule has 0 aromatic carbocycles. The third-order valence-electron chi connectivity index (χ3n) is 4.85. The number of likely N-dealkylation sites (tertiary alicyclic amines) is 1. The summed E-state index contributed by atoms with van der Waals surface area (Å²) >= 11 is 0. The van der Waals surface area contributed by atoms with Crippen LogP contribution in [0.1, 0.15) is 19.3 Å². The molecule has 0 spiro atoms. The van der Waals surface area contributed by atoms with Gasteiger partial charge in [-0.3, -0.25) is 24.1 Å². The van der Waals surface area contributed by atoms with Gasteiger partial charge in [-0.15, -0.1) is 0 Å². The molecular formula is C16H20N2O7S. The predicted molar refractivity (Wildman–Crippen MR) is 88.2 cm³/mol. The van der Waals surface area contributed by atoms with E-state index in [1.165, 1.54) is 0 Å². The summed E-state index contributed by atoms with van der Waals surface area (Å²) in [6.45, 7) is -1.10. The number of nitrogens with zero attached hydrogens (tertiary/aromatic N) is 1. The minimum absolute atomic E-state index is 0.0219. The second-order valence-corrected chi connectivity index (χ2v) is 8.98. The summed E-state index contributed by atoms with van der Waals surface area (Å²) in [5.41, 5.74) is 0. The van der Waals surface area contributed by atoms with Gasteiger partial charge < -0.3 is 10.1 Å². The Balaban J connectivity index is 1.45. The Hall–Kier alpha value is -2.23. The molecule has 0 aromatic heterocycles. The number of imide groups is 1. The lowest BCUT2D eigenvalue weighted by Gasteiger charge is -2.14. The zero-order valence-electron chi connectivity index (χ0n) is 14.0. The smallest absolute Gasteiger partial charge is 0.326 e. The molecule has 3 aliphatic rings. The van der Waals surface area contributed by atoms with Crippen LogP contribution in [0.4, 0.5) is 0 Å². The first kappa shape index (κ1) is 18.6. The minimum atomic E-state index is -3.12. The van der Waals surface area contributed by atoms with E-state index in [1.807, 2.05) is 12.2 Å². The molecule has 3 amide bonds. The number of fused-ring (bicyclic) bond motifs is 1. The maximum absolute atomic E-state index is 12.2. The fourth-order valence-corrected chi connectivity index (χ4v) is 5.20. The molecule has 2 saturated heterocycles. The number of hydrogen-bond donors (Lipinski definition) is 1. The molecule has 2 heterocycles. The second kappa shape index (κ2) is 7.18. The third-order valence-corrected chi connectivity index (χ3v) is 6.62. The number of sulfone groups is 1. The highest BCUT2D eigenvalue weighted by atomic mass is 32.2. The average Bonchev–Trinajstić information content (AvgIpc) is 3.05. The van der Waals surface area contributed by atoms with Crippen molar-refractivity contribution in [2.75, 3.05) is 24.7 Å². The molecule has 26 heavy (non-hydrogen) atoms. The molecule has 10 heteroatoms. The number of allylic oxidation sites excluding steroid dienone is 2. The Bertz CT molecular complexity index is 747. The van der Waals surface area contributed by atoms with Crippen LogP contribution < -0.4 is 5.32 Å². The highest BCUT2D eigenvalue weighted by Crippen LogP contribution is 2.34. The molecular weight excluding hydrogens is 364 g/mol. The Morgan fingerprint density at radius 2 is 1.77 bits per heavy atom. The number of esters is 1. The van der Waals surface area contributed by atoms with Crippen molar-refractivity contribution in [2.24, 2.45) is 11.8 Å². The van der Waals surface area contributed by atoms with Gasteiger partial charge in [0.2, 0.25) is 11.8 Å². The summed E-state index contributed by atoms with van der Waals surface area (Å²) in [6.07, 6.45) is 4.99. The summed E-state index contributed by atoms with van der Waals surface area (Å²) in [4.78, 5) is 49.0. The minimum Gasteiger partial charge on any atom is -0.454 e. The molecule has 1 aliphatic carbocycles. The molecule has 142 valence electrons. The molecule has 0 aromatic rings. The first-order valence-corrected chi connectivity index (χ1v) is 10.2. The van der Waals surface area contributed by atoms with Crippen LogP contribution in [0, 0.1) is 11.8 Å². The largest absolute Gasteiger partial charge is 0.454 e. The van der Waals surface area contributed by atoms with Gasteiger partial charge in [-0.1, -0.05) is 12.2 Å². The van der Waals surface area contributed by atoms with Gasteiger partial charge in [0, 0.05) is 6.04 Å². The highest BCUT2D eigenvalue weighted by molar-refractivity contribution is 7.91. The van der Waals surface area contributed by atoms with Crippen molar-refractivity contribution in [3.8, 4) is 0 Å². The number of carbonyl (C=O) groups is 4. The molecule has 0 saturated carbocycles. The molecule has 2 aliphatic heterocycles. The number of carbonyl (C=O) groups excluding carboxylic acids is 4. The molecule has 2 fully saturated rings. The number of rotatable bonds is 5. The van der Waals surface area contributed by atoms with Gasteiger partial charge in [-0.25, -0.2) is 8.42 Å². The summed E-state index contributed by atoms with van der Waals surface area (Å²) < 4.78 is 27.5. The van der Waals surface area contributed by atoms with Crippen LogP contribution in [0.2, 0.25) is 0 Å². The van der Waals surface area contributed by atoms with Crippen molar-refractivity contribution in [2.45, 2.75) is 25.3 Å². The van der Waals surface area contributed by atoms with Crippen molar-refractivity contribution in [3.63, 3.8) is 0 Å². The van der Waals surface area contributed by atoms with E-state index in [0.717, 1.165) is 4.90 Å². The van der Waals surface area contributed by atoms with Gasteiger partial charge in [-0.05, 0) is 19.3 Å². The van der Waals surface area contributed by atoms with Crippen molar-refractivity contribution < 1.29 is 32.3 Å². The van der Waals surface area contributed by atoms with Crippen LogP contribution in [0.3, 0.4) is 0 Å². The molecule has 3 atom stereocenters. The second-order valence-electron chi connectivity index (χ2n) is 6.75. The van der Waals surface area contributed by atoms with Crippen LogP contribution in [-0.2, 0) is 33.8 Å². The van der Waals surface area contributed by atoms with E-state index in [0.29, 0.717) is 19.3 Å². The number of nitrogens with one attached hydrogen (secondary N) is 1. The van der Waals surface area contributed by atoms with E-state index < -0.39 is 52.7 Å². The quantitative estimate of drug-likeness (QED) is 0.358. The highest BCUT2D eigenvalue weighted by Gasteiger charge is 2.47. The van der Waals surface area contributed by atoms with Crippen molar-refractivity contribution in [1.29, 1.82) is 0 Å². The van der Waals surface area contributed by atoms with Gasteiger partial charge in [0.15, 0.2) is 16.4 Å². The van der Waals surface area contributed by atoms with E-state index in [1.54, 1.807) is 0 Å². The maximum atomic E-state index is 12.2. The van der Waals surface area contributed by atoms with Crippen molar-refractivity contribution in [1.82, 2.24) is 10.2 Å². The molecule has 1 N–H and O–H groups in total. The van der Waals surface area contributed by atoms with Crippen molar-refractivity contribution >= 4 is 33.5 Å². The topological polar surface area (TPSA) is 127 Å². The lowest BCUT2D eigenvalue weighted by Crippen LogP contribution is -2.40. The van der Waals surface area contributed by atoms with Crippen molar-refractivity contribution in [3.05, 3.63) is 12.2 Å². The summed E-state index contributed by atoms with van der Waals surface area (Å²) in [5, 5.41) is 2.49. The monoisotopic (exact) mass is 384 g/mol. The number of hydrogen-bond acceptors (Lipinski definition) is 7.